The monoisotopic (exact) mass is 227 g/mol. The van der Waals surface area contributed by atoms with Gasteiger partial charge in [0.15, 0.2) is 5.79 Å². The van der Waals surface area contributed by atoms with Crippen molar-refractivity contribution in [1.29, 1.82) is 0 Å². The lowest BCUT2D eigenvalue weighted by Crippen LogP contribution is -2.27. The summed E-state index contributed by atoms with van der Waals surface area (Å²) in [6.45, 7) is 5.87. The zero-order chi connectivity index (χ0) is 11.4. The van der Waals surface area contributed by atoms with Gasteiger partial charge in [0.2, 0.25) is 0 Å². The first-order chi connectivity index (χ1) is 7.68. The van der Waals surface area contributed by atoms with Crippen LogP contribution in [-0.4, -0.2) is 31.1 Å². The van der Waals surface area contributed by atoms with Gasteiger partial charge < -0.3 is 14.8 Å². The summed E-state index contributed by atoms with van der Waals surface area (Å²) in [6, 6.07) is 1.48. The summed E-state index contributed by atoms with van der Waals surface area (Å²) in [5.41, 5.74) is 0. The lowest BCUT2D eigenvalue weighted by atomic mass is 10.0. The van der Waals surface area contributed by atoms with Crippen LogP contribution in [0.4, 0.5) is 0 Å². The maximum atomic E-state index is 5.59. The van der Waals surface area contributed by atoms with Crippen molar-refractivity contribution in [2.24, 2.45) is 0 Å². The van der Waals surface area contributed by atoms with E-state index in [4.69, 9.17) is 9.47 Å². The Kier molecular flexibility index (Phi) is 4.22. The van der Waals surface area contributed by atoms with Crippen LogP contribution in [0.1, 0.15) is 52.4 Å². The Balaban J connectivity index is 1.55. The Morgan fingerprint density at radius 3 is 2.56 bits per heavy atom. The van der Waals surface area contributed by atoms with E-state index in [-0.39, 0.29) is 5.79 Å². The lowest BCUT2D eigenvalue weighted by Gasteiger charge is -2.22. The second-order valence-electron chi connectivity index (χ2n) is 5.42. The minimum Gasteiger partial charge on any atom is -0.348 e. The highest BCUT2D eigenvalue weighted by Gasteiger charge is 2.30. The lowest BCUT2D eigenvalue weighted by molar-refractivity contribution is -0.147. The van der Waals surface area contributed by atoms with E-state index in [0.717, 1.165) is 31.7 Å². The first kappa shape index (κ1) is 12.3. The SMILES string of the molecule is C[C@@H]1CC[C@H](CCCCC2(C)OCCO2)N1. The molecule has 0 unspecified atom stereocenters. The maximum absolute atomic E-state index is 5.59. The van der Waals surface area contributed by atoms with Crippen LogP contribution in [0.5, 0.6) is 0 Å². The topological polar surface area (TPSA) is 30.5 Å². The summed E-state index contributed by atoms with van der Waals surface area (Å²) >= 11 is 0. The van der Waals surface area contributed by atoms with Gasteiger partial charge in [0, 0.05) is 18.5 Å². The normalized spacial score (nSPS) is 33.4. The Labute approximate surface area is 98.9 Å². The molecule has 0 aromatic carbocycles. The van der Waals surface area contributed by atoms with Gasteiger partial charge in [0.1, 0.15) is 0 Å². The molecule has 0 spiro atoms. The molecule has 3 heteroatoms. The summed E-state index contributed by atoms with van der Waals surface area (Å²) < 4.78 is 11.2. The van der Waals surface area contributed by atoms with Crippen molar-refractivity contribution >= 4 is 0 Å². The van der Waals surface area contributed by atoms with Gasteiger partial charge in [-0.1, -0.05) is 6.42 Å². The first-order valence-corrected chi connectivity index (χ1v) is 6.72. The predicted molar refractivity (Wildman–Crippen MR) is 64.4 cm³/mol. The molecule has 2 rings (SSSR count). The molecule has 2 aliphatic heterocycles. The molecule has 16 heavy (non-hydrogen) atoms. The van der Waals surface area contributed by atoms with E-state index in [1.54, 1.807) is 0 Å². The van der Waals surface area contributed by atoms with Crippen LogP contribution in [0.15, 0.2) is 0 Å². The molecule has 3 nitrogen and oxygen atoms in total. The van der Waals surface area contributed by atoms with E-state index >= 15 is 0 Å². The number of rotatable bonds is 5. The molecule has 2 atom stereocenters. The average Bonchev–Trinajstić information content (AvgIpc) is 2.84. The number of unbranched alkanes of at least 4 members (excludes halogenated alkanes) is 1. The third kappa shape index (κ3) is 3.44. The molecule has 0 aromatic rings. The van der Waals surface area contributed by atoms with Gasteiger partial charge >= 0.3 is 0 Å². The molecule has 0 bridgehead atoms. The highest BCUT2D eigenvalue weighted by molar-refractivity contribution is 4.80. The molecular formula is C13H25NO2. The Morgan fingerprint density at radius 2 is 1.94 bits per heavy atom. The zero-order valence-electron chi connectivity index (χ0n) is 10.6. The molecule has 2 fully saturated rings. The molecule has 1 N–H and O–H groups in total. The summed E-state index contributed by atoms with van der Waals surface area (Å²) in [7, 11) is 0. The van der Waals surface area contributed by atoms with Crippen LogP contribution >= 0.6 is 0 Å². The summed E-state index contributed by atoms with van der Waals surface area (Å²) in [4.78, 5) is 0. The third-order valence-corrected chi connectivity index (χ3v) is 3.80. The smallest absolute Gasteiger partial charge is 0.165 e. The predicted octanol–water partition coefficient (Wildman–Crippen LogP) is 2.45. The quantitative estimate of drug-likeness (QED) is 0.732. The van der Waals surface area contributed by atoms with Crippen molar-refractivity contribution in [2.75, 3.05) is 13.2 Å². The largest absolute Gasteiger partial charge is 0.348 e. The fraction of sp³-hybridized carbons (Fsp3) is 1.00. The van der Waals surface area contributed by atoms with Crippen molar-refractivity contribution in [2.45, 2.75) is 70.2 Å². The van der Waals surface area contributed by atoms with Crippen molar-refractivity contribution in [3.63, 3.8) is 0 Å². The standard InChI is InChI=1S/C13H25NO2/c1-11-6-7-12(14-11)5-3-4-8-13(2)15-9-10-16-13/h11-12,14H,3-10H2,1-2H3/t11-,12+/m1/s1. The Morgan fingerprint density at radius 1 is 1.19 bits per heavy atom. The molecule has 0 aliphatic carbocycles. The van der Waals surface area contributed by atoms with Crippen LogP contribution in [0, 0.1) is 0 Å². The molecule has 2 saturated heterocycles. The average molecular weight is 227 g/mol. The van der Waals surface area contributed by atoms with Crippen LogP contribution < -0.4 is 5.32 Å². The van der Waals surface area contributed by atoms with Gasteiger partial charge in [-0.2, -0.15) is 0 Å². The molecular weight excluding hydrogens is 202 g/mol. The molecule has 94 valence electrons. The minimum atomic E-state index is -0.281. The van der Waals surface area contributed by atoms with Crippen LogP contribution in [0.3, 0.4) is 0 Å². The molecule has 0 saturated carbocycles. The highest BCUT2D eigenvalue weighted by Crippen LogP contribution is 2.26. The summed E-state index contributed by atoms with van der Waals surface area (Å²) in [6.07, 6.45) is 7.53. The second kappa shape index (κ2) is 5.48. The molecule has 2 heterocycles. The second-order valence-corrected chi connectivity index (χ2v) is 5.42. The van der Waals surface area contributed by atoms with E-state index < -0.39 is 0 Å². The number of nitrogens with one attached hydrogen (secondary N) is 1. The number of hydrogen-bond acceptors (Lipinski definition) is 3. The number of ether oxygens (including phenoxy) is 2. The molecule has 0 amide bonds. The fourth-order valence-corrected chi connectivity index (χ4v) is 2.79. The summed E-state index contributed by atoms with van der Waals surface area (Å²) in [5.74, 6) is -0.281. The van der Waals surface area contributed by atoms with Gasteiger partial charge in [-0.15, -0.1) is 0 Å². The number of hydrogen-bond donors (Lipinski definition) is 1. The van der Waals surface area contributed by atoms with Crippen molar-refractivity contribution in [3.05, 3.63) is 0 Å². The maximum Gasteiger partial charge on any atom is 0.165 e. The van der Waals surface area contributed by atoms with Gasteiger partial charge in [-0.05, 0) is 39.5 Å². The van der Waals surface area contributed by atoms with Gasteiger partial charge in [0.25, 0.3) is 0 Å². The molecule has 2 aliphatic rings. The van der Waals surface area contributed by atoms with Crippen molar-refractivity contribution in [1.82, 2.24) is 5.32 Å². The fourth-order valence-electron chi connectivity index (χ4n) is 2.79. The van der Waals surface area contributed by atoms with E-state index in [1.807, 2.05) is 0 Å². The van der Waals surface area contributed by atoms with E-state index in [1.165, 1.54) is 32.1 Å². The van der Waals surface area contributed by atoms with E-state index in [0.29, 0.717) is 0 Å². The third-order valence-electron chi connectivity index (χ3n) is 3.80. The highest BCUT2D eigenvalue weighted by atomic mass is 16.7. The van der Waals surface area contributed by atoms with Crippen molar-refractivity contribution in [3.8, 4) is 0 Å². The van der Waals surface area contributed by atoms with Gasteiger partial charge in [-0.3, -0.25) is 0 Å². The van der Waals surface area contributed by atoms with Crippen LogP contribution in [0.2, 0.25) is 0 Å². The van der Waals surface area contributed by atoms with Gasteiger partial charge in [0.05, 0.1) is 13.2 Å². The molecule has 0 radical (unpaired) electrons. The van der Waals surface area contributed by atoms with Crippen LogP contribution in [-0.2, 0) is 9.47 Å². The van der Waals surface area contributed by atoms with Crippen LogP contribution in [0.25, 0.3) is 0 Å². The molecule has 0 aromatic heterocycles. The Hall–Kier alpha value is -0.120. The first-order valence-electron chi connectivity index (χ1n) is 6.72. The van der Waals surface area contributed by atoms with Crippen molar-refractivity contribution < 1.29 is 9.47 Å². The summed E-state index contributed by atoms with van der Waals surface area (Å²) in [5, 5.41) is 3.63. The minimum absolute atomic E-state index is 0.281. The van der Waals surface area contributed by atoms with E-state index in [9.17, 15) is 0 Å². The van der Waals surface area contributed by atoms with Gasteiger partial charge in [-0.25, -0.2) is 0 Å². The zero-order valence-corrected chi connectivity index (χ0v) is 10.6. The Bertz CT molecular complexity index is 214. The van der Waals surface area contributed by atoms with E-state index in [2.05, 4.69) is 19.2 Å².